The summed E-state index contributed by atoms with van der Waals surface area (Å²) in [5.74, 6) is -0.440. The Morgan fingerprint density at radius 3 is 2.15 bits per heavy atom. The van der Waals surface area contributed by atoms with E-state index in [4.69, 9.17) is 9.47 Å². The van der Waals surface area contributed by atoms with Crippen molar-refractivity contribution in [1.82, 2.24) is 0 Å². The van der Waals surface area contributed by atoms with Crippen molar-refractivity contribution in [3.63, 3.8) is 0 Å². The molecule has 6 atom stereocenters. The topological polar surface area (TPSA) is 72.9 Å². The van der Waals surface area contributed by atoms with Crippen LogP contribution in [0.25, 0.3) is 0 Å². The fourth-order valence-electron chi connectivity index (χ4n) is 5.96. The zero-order chi connectivity index (χ0) is 22.9. The van der Waals surface area contributed by atoms with Crippen LogP contribution in [0.4, 0.5) is 10.1 Å². The first kappa shape index (κ1) is 20.1. The van der Waals surface area contributed by atoms with E-state index in [9.17, 15) is 14.4 Å². The average molecular weight is 447 g/mol. The van der Waals surface area contributed by atoms with Crippen LogP contribution < -0.4 is 14.4 Å². The largest absolute Gasteiger partial charge is 0.497 e. The number of imide groups is 1. The van der Waals surface area contributed by atoms with Gasteiger partial charge in [0.2, 0.25) is 11.8 Å². The number of anilines is 1. The Balaban J connectivity index is 1.17. The maximum atomic E-state index is 15.0. The van der Waals surface area contributed by atoms with E-state index in [-0.39, 0.29) is 59.3 Å². The number of Topliss-reactive ketones (excluding diaryl/α,β-unsaturated/α-hetero) is 1. The van der Waals surface area contributed by atoms with E-state index in [0.717, 1.165) is 17.4 Å². The minimum atomic E-state index is -0.727. The molecule has 2 aromatic rings. The summed E-state index contributed by atoms with van der Waals surface area (Å²) in [7, 11) is 1.54. The smallest absolute Gasteiger partial charge is 0.238 e. The number of methoxy groups -OCH3 is 1. The lowest BCUT2D eigenvalue weighted by atomic mass is 9.63. The van der Waals surface area contributed by atoms with E-state index in [1.807, 2.05) is 0 Å². The molecule has 0 N–H and O–H groups in total. The molecule has 33 heavy (non-hydrogen) atoms. The normalized spacial score (nSPS) is 30.8. The van der Waals surface area contributed by atoms with Crippen molar-refractivity contribution in [3.8, 4) is 11.5 Å². The van der Waals surface area contributed by atoms with Gasteiger partial charge in [0.25, 0.3) is 0 Å². The second-order valence-electron chi connectivity index (χ2n) is 9.22. The Morgan fingerprint density at radius 1 is 0.970 bits per heavy atom. The second-order valence-corrected chi connectivity index (χ2v) is 9.22. The predicted molar refractivity (Wildman–Crippen MR) is 116 cm³/mol. The van der Waals surface area contributed by atoms with E-state index >= 15 is 4.39 Å². The summed E-state index contributed by atoms with van der Waals surface area (Å²) in [6.07, 6.45) is 5.25. The highest BCUT2D eigenvalue weighted by Crippen LogP contribution is 2.65. The monoisotopic (exact) mass is 447 g/mol. The van der Waals surface area contributed by atoms with Gasteiger partial charge >= 0.3 is 0 Å². The van der Waals surface area contributed by atoms with Gasteiger partial charge in [0.1, 0.15) is 11.5 Å². The number of carbonyl (C=O) groups excluding carboxylic acids is 3. The summed E-state index contributed by atoms with van der Waals surface area (Å²) in [6.45, 7) is -0.269. The molecule has 0 radical (unpaired) electrons. The van der Waals surface area contributed by atoms with Crippen LogP contribution in [0.15, 0.2) is 54.6 Å². The van der Waals surface area contributed by atoms with Crippen LogP contribution in [-0.2, 0) is 9.59 Å². The van der Waals surface area contributed by atoms with Crippen LogP contribution in [-0.4, -0.2) is 31.3 Å². The number of amides is 2. The van der Waals surface area contributed by atoms with Crippen molar-refractivity contribution in [3.05, 3.63) is 66.0 Å². The van der Waals surface area contributed by atoms with Gasteiger partial charge in [0.05, 0.1) is 24.6 Å². The van der Waals surface area contributed by atoms with Crippen LogP contribution in [0.5, 0.6) is 11.5 Å². The zero-order valence-electron chi connectivity index (χ0n) is 17.9. The second kappa shape index (κ2) is 7.27. The van der Waals surface area contributed by atoms with Crippen molar-refractivity contribution in [2.24, 2.45) is 35.5 Å². The standard InChI is InChI=1S/C26H22FNO5/c1-32-14-4-2-13(3-5-14)22(29)12-33-15-6-9-21(20(27)10-15)28-25(30)23-16-7-8-17(19-11-18(16)19)24(23)26(28)31/h2-10,16-19,23-24H,11-12H2,1H3/t16-,17+,18+,19-,23-,24+. The predicted octanol–water partition coefficient (Wildman–Crippen LogP) is 3.65. The third kappa shape index (κ3) is 3.02. The lowest BCUT2D eigenvalue weighted by Gasteiger charge is -2.37. The molecule has 0 spiro atoms. The highest BCUT2D eigenvalue weighted by atomic mass is 19.1. The molecule has 4 aliphatic carbocycles. The molecule has 5 aliphatic rings. The van der Waals surface area contributed by atoms with Crippen molar-refractivity contribution in [2.75, 3.05) is 18.6 Å². The molecule has 3 fully saturated rings. The minimum absolute atomic E-state index is 0.0543. The summed E-state index contributed by atoms with van der Waals surface area (Å²) < 4.78 is 25.6. The minimum Gasteiger partial charge on any atom is -0.497 e. The number of ether oxygens (including phenoxy) is 2. The number of benzene rings is 2. The summed E-state index contributed by atoms with van der Waals surface area (Å²) in [5.41, 5.74) is 0.395. The van der Waals surface area contributed by atoms with Crippen LogP contribution >= 0.6 is 0 Å². The highest BCUT2D eigenvalue weighted by Gasteiger charge is 2.67. The fraction of sp³-hybridized carbons (Fsp3) is 0.346. The quantitative estimate of drug-likeness (QED) is 0.384. The molecule has 1 heterocycles. The molecule has 2 saturated carbocycles. The van der Waals surface area contributed by atoms with Gasteiger partial charge in [-0.1, -0.05) is 12.2 Å². The van der Waals surface area contributed by atoms with Crippen molar-refractivity contribution >= 4 is 23.3 Å². The average Bonchev–Trinajstić information content (AvgIpc) is 3.62. The van der Waals surface area contributed by atoms with Gasteiger partial charge in [-0.15, -0.1) is 0 Å². The Bertz CT molecular complexity index is 1170. The fourth-order valence-corrected chi connectivity index (χ4v) is 5.96. The summed E-state index contributed by atoms with van der Waals surface area (Å²) >= 11 is 0. The number of ketones is 1. The lowest BCUT2D eigenvalue weighted by molar-refractivity contribution is -0.124. The van der Waals surface area contributed by atoms with Crippen LogP contribution in [0.3, 0.4) is 0 Å². The summed E-state index contributed by atoms with van der Waals surface area (Å²) in [5, 5.41) is 0. The Hall–Kier alpha value is -3.48. The first-order valence-electron chi connectivity index (χ1n) is 11.1. The molecule has 1 aliphatic heterocycles. The Morgan fingerprint density at radius 2 is 1.58 bits per heavy atom. The van der Waals surface area contributed by atoms with Gasteiger partial charge in [-0.2, -0.15) is 0 Å². The molecule has 0 unspecified atom stereocenters. The van der Waals surface area contributed by atoms with Crippen LogP contribution in [0.1, 0.15) is 16.8 Å². The number of halogens is 1. The van der Waals surface area contributed by atoms with E-state index < -0.39 is 5.82 Å². The molecular weight excluding hydrogens is 425 g/mol. The van der Waals surface area contributed by atoms with Gasteiger partial charge in [0, 0.05) is 11.6 Å². The third-order valence-electron chi connectivity index (χ3n) is 7.60. The molecule has 2 bridgehead atoms. The SMILES string of the molecule is COc1ccc(C(=O)COc2ccc(N3C(=O)[C@@H]4[C@@H]5C=C[C@@H]([C@H]6C[C@@H]56)[C@@H]4C3=O)c(F)c2)cc1. The maximum Gasteiger partial charge on any atom is 0.238 e. The number of hydrogen-bond acceptors (Lipinski definition) is 5. The Kier molecular flexibility index (Phi) is 4.44. The van der Waals surface area contributed by atoms with Gasteiger partial charge in [-0.05, 0) is 66.5 Å². The molecule has 2 amide bonds. The van der Waals surface area contributed by atoms with Crippen LogP contribution in [0.2, 0.25) is 0 Å². The molecule has 6 nitrogen and oxygen atoms in total. The maximum absolute atomic E-state index is 15.0. The third-order valence-corrected chi connectivity index (χ3v) is 7.60. The number of carbonyl (C=O) groups is 3. The van der Waals surface area contributed by atoms with Gasteiger partial charge < -0.3 is 9.47 Å². The molecule has 7 heteroatoms. The molecule has 7 rings (SSSR count). The summed E-state index contributed by atoms with van der Waals surface area (Å²) in [4.78, 5) is 39.7. The first-order valence-corrected chi connectivity index (χ1v) is 11.1. The van der Waals surface area contributed by atoms with Crippen molar-refractivity contribution < 1.29 is 28.2 Å². The highest BCUT2D eigenvalue weighted by molar-refractivity contribution is 6.22. The summed E-state index contributed by atoms with van der Waals surface area (Å²) in [6, 6.07) is 10.6. The molecular formula is C26H22FNO5. The van der Waals surface area contributed by atoms with E-state index in [1.165, 1.54) is 12.1 Å². The number of hydrogen-bond donors (Lipinski definition) is 0. The molecule has 0 aromatic heterocycles. The molecule has 168 valence electrons. The van der Waals surface area contributed by atoms with Crippen molar-refractivity contribution in [2.45, 2.75) is 6.42 Å². The first-order chi connectivity index (χ1) is 16.0. The number of allylic oxidation sites excluding steroid dienone is 2. The van der Waals surface area contributed by atoms with Crippen molar-refractivity contribution in [1.29, 1.82) is 0 Å². The lowest BCUT2D eigenvalue weighted by Crippen LogP contribution is -2.40. The van der Waals surface area contributed by atoms with Crippen LogP contribution in [0, 0.1) is 41.3 Å². The number of nitrogens with zero attached hydrogens (tertiary/aromatic N) is 1. The Labute approximate surface area is 190 Å². The molecule has 1 saturated heterocycles. The van der Waals surface area contributed by atoms with Gasteiger partial charge in [0.15, 0.2) is 18.2 Å². The molecule has 2 aromatic carbocycles. The van der Waals surface area contributed by atoms with Gasteiger partial charge in [-0.25, -0.2) is 9.29 Å². The number of rotatable bonds is 6. The van der Waals surface area contributed by atoms with E-state index in [0.29, 0.717) is 23.1 Å². The zero-order valence-corrected chi connectivity index (χ0v) is 17.9. The van der Waals surface area contributed by atoms with E-state index in [1.54, 1.807) is 31.4 Å². The van der Waals surface area contributed by atoms with Gasteiger partial charge in [-0.3, -0.25) is 14.4 Å². The van der Waals surface area contributed by atoms with E-state index in [2.05, 4.69) is 12.2 Å².